The van der Waals surface area contributed by atoms with Crippen LogP contribution in [0.3, 0.4) is 0 Å². The Morgan fingerprint density at radius 1 is 0.675 bits per heavy atom. The van der Waals surface area contributed by atoms with Crippen LogP contribution < -0.4 is 5.32 Å². The first-order valence-corrected chi connectivity index (χ1v) is 12.5. The van der Waals surface area contributed by atoms with Gasteiger partial charge in [-0.2, -0.15) is 26.3 Å². The second-order valence-electron chi connectivity index (χ2n) is 8.79. The normalized spacial score (nSPS) is 11.8. The number of hydrogen-bond acceptors (Lipinski definition) is 1. The van der Waals surface area contributed by atoms with E-state index in [9.17, 15) is 26.3 Å². The SMILES string of the molecule is CCC#Cc1cccc(C(F)(F)F)c1.C[C@@H](NCC#Cc1cccc(C(F)(F)F)c1)c1cccc2ccccc12. The zero-order valence-electron chi connectivity index (χ0n) is 21.9. The van der Waals surface area contributed by atoms with Crippen LogP contribution in [0.5, 0.6) is 0 Å². The number of hydrogen-bond donors (Lipinski definition) is 1. The number of halogens is 6. The van der Waals surface area contributed by atoms with Gasteiger partial charge in [0.25, 0.3) is 0 Å². The minimum absolute atomic E-state index is 0.0805. The lowest BCUT2D eigenvalue weighted by atomic mass is 10.00. The van der Waals surface area contributed by atoms with Gasteiger partial charge in [-0.3, -0.25) is 5.32 Å². The summed E-state index contributed by atoms with van der Waals surface area (Å²) >= 11 is 0. The maximum atomic E-state index is 12.7. The van der Waals surface area contributed by atoms with Crippen molar-refractivity contribution in [2.75, 3.05) is 6.54 Å². The Kier molecular flexibility index (Phi) is 10.4. The van der Waals surface area contributed by atoms with E-state index in [1.165, 1.54) is 28.5 Å². The van der Waals surface area contributed by atoms with Crippen LogP contribution in [0.1, 0.15) is 54.1 Å². The largest absolute Gasteiger partial charge is 0.416 e. The first-order valence-electron chi connectivity index (χ1n) is 12.5. The predicted octanol–water partition coefficient (Wildman–Crippen LogP) is 9.03. The van der Waals surface area contributed by atoms with Gasteiger partial charge in [-0.05, 0) is 59.7 Å². The molecule has 0 aliphatic rings. The summed E-state index contributed by atoms with van der Waals surface area (Å²) in [5.74, 6) is 11.1. The average molecular weight is 552 g/mol. The number of rotatable bonds is 3. The van der Waals surface area contributed by atoms with Crippen molar-refractivity contribution in [3.05, 3.63) is 119 Å². The molecule has 0 saturated carbocycles. The molecule has 4 aromatic rings. The van der Waals surface area contributed by atoms with Crippen molar-refractivity contribution in [1.82, 2.24) is 5.32 Å². The van der Waals surface area contributed by atoms with Gasteiger partial charge < -0.3 is 0 Å². The lowest BCUT2D eigenvalue weighted by Crippen LogP contribution is -2.19. The zero-order valence-corrected chi connectivity index (χ0v) is 21.9. The highest BCUT2D eigenvalue weighted by Crippen LogP contribution is 2.30. The second-order valence-corrected chi connectivity index (χ2v) is 8.79. The summed E-state index contributed by atoms with van der Waals surface area (Å²) in [5.41, 5.74) is 0.604. The minimum atomic E-state index is -4.35. The Morgan fingerprint density at radius 3 is 1.77 bits per heavy atom. The van der Waals surface area contributed by atoms with E-state index in [-0.39, 0.29) is 6.04 Å². The summed E-state index contributed by atoms with van der Waals surface area (Å²) in [4.78, 5) is 0. The van der Waals surface area contributed by atoms with Gasteiger partial charge in [0.15, 0.2) is 0 Å². The smallest absolute Gasteiger partial charge is 0.300 e. The predicted molar refractivity (Wildman–Crippen MR) is 147 cm³/mol. The molecule has 7 heteroatoms. The molecular formula is C33H27F6N. The molecule has 0 saturated heterocycles. The van der Waals surface area contributed by atoms with Crippen molar-refractivity contribution in [3.63, 3.8) is 0 Å². The second kappa shape index (κ2) is 13.7. The number of fused-ring (bicyclic) bond motifs is 1. The lowest BCUT2D eigenvalue weighted by Gasteiger charge is -2.15. The fourth-order valence-electron chi connectivity index (χ4n) is 3.83. The molecule has 1 nitrogen and oxygen atoms in total. The van der Waals surface area contributed by atoms with Gasteiger partial charge in [0.1, 0.15) is 0 Å². The Hall–Kier alpha value is -4.20. The molecule has 0 aliphatic heterocycles. The molecular weight excluding hydrogens is 524 g/mol. The summed E-state index contributed by atoms with van der Waals surface area (Å²) in [5, 5.41) is 5.67. The summed E-state index contributed by atoms with van der Waals surface area (Å²) in [6, 6.07) is 24.5. The Labute approximate surface area is 230 Å². The van der Waals surface area contributed by atoms with Crippen molar-refractivity contribution in [1.29, 1.82) is 0 Å². The molecule has 4 aromatic carbocycles. The molecule has 0 aliphatic carbocycles. The molecule has 1 N–H and O–H groups in total. The van der Waals surface area contributed by atoms with Crippen LogP contribution in [0.25, 0.3) is 10.8 Å². The topological polar surface area (TPSA) is 12.0 Å². The van der Waals surface area contributed by atoms with Crippen LogP contribution in [0.15, 0.2) is 91.0 Å². The maximum Gasteiger partial charge on any atom is 0.416 e. The zero-order chi connectivity index (χ0) is 29.2. The fraction of sp³-hybridized carbons (Fsp3) is 0.212. The molecule has 0 amide bonds. The lowest BCUT2D eigenvalue weighted by molar-refractivity contribution is -0.138. The van der Waals surface area contributed by atoms with Gasteiger partial charge in [-0.1, -0.05) is 85.2 Å². The fourth-order valence-corrected chi connectivity index (χ4v) is 3.83. The molecule has 0 fully saturated rings. The van der Waals surface area contributed by atoms with Crippen LogP contribution in [-0.4, -0.2) is 6.54 Å². The van der Waals surface area contributed by atoms with Crippen LogP contribution >= 0.6 is 0 Å². The van der Waals surface area contributed by atoms with E-state index in [0.29, 0.717) is 24.1 Å². The van der Waals surface area contributed by atoms with E-state index in [0.717, 1.165) is 24.3 Å². The molecule has 0 unspecified atom stereocenters. The van der Waals surface area contributed by atoms with Gasteiger partial charge in [0, 0.05) is 23.6 Å². The molecule has 4 rings (SSSR count). The maximum absolute atomic E-state index is 12.7. The van der Waals surface area contributed by atoms with Crippen molar-refractivity contribution >= 4 is 10.8 Å². The third kappa shape index (κ3) is 8.93. The molecule has 40 heavy (non-hydrogen) atoms. The van der Waals surface area contributed by atoms with Crippen LogP contribution in [0.2, 0.25) is 0 Å². The third-order valence-corrected chi connectivity index (χ3v) is 5.81. The highest BCUT2D eigenvalue weighted by molar-refractivity contribution is 5.86. The quantitative estimate of drug-likeness (QED) is 0.198. The van der Waals surface area contributed by atoms with Gasteiger partial charge in [0.05, 0.1) is 17.7 Å². The Balaban J connectivity index is 0.000000267. The van der Waals surface area contributed by atoms with Crippen LogP contribution in [-0.2, 0) is 12.4 Å². The first-order chi connectivity index (χ1) is 19.0. The van der Waals surface area contributed by atoms with Crippen molar-refractivity contribution in [2.45, 2.75) is 38.7 Å². The van der Waals surface area contributed by atoms with E-state index in [4.69, 9.17) is 0 Å². The van der Waals surface area contributed by atoms with Crippen LogP contribution in [0, 0.1) is 23.7 Å². The average Bonchev–Trinajstić information content (AvgIpc) is 2.93. The van der Waals surface area contributed by atoms with Gasteiger partial charge in [-0.15, -0.1) is 0 Å². The molecule has 0 spiro atoms. The van der Waals surface area contributed by atoms with Gasteiger partial charge in [0.2, 0.25) is 0 Å². The van der Waals surface area contributed by atoms with E-state index in [2.05, 4.69) is 53.3 Å². The highest BCUT2D eigenvalue weighted by Gasteiger charge is 2.30. The van der Waals surface area contributed by atoms with E-state index < -0.39 is 23.5 Å². The molecule has 0 bridgehead atoms. The molecule has 206 valence electrons. The van der Waals surface area contributed by atoms with E-state index in [1.807, 2.05) is 32.0 Å². The molecule has 0 aromatic heterocycles. The van der Waals surface area contributed by atoms with Gasteiger partial charge in [-0.25, -0.2) is 0 Å². The number of nitrogens with one attached hydrogen (secondary N) is 1. The summed E-state index contributed by atoms with van der Waals surface area (Å²) in [6.45, 7) is 4.29. The van der Waals surface area contributed by atoms with E-state index >= 15 is 0 Å². The van der Waals surface area contributed by atoms with Crippen LogP contribution in [0.4, 0.5) is 26.3 Å². The highest BCUT2D eigenvalue weighted by atomic mass is 19.4. The monoisotopic (exact) mass is 551 g/mol. The molecule has 0 heterocycles. The van der Waals surface area contributed by atoms with Crippen molar-refractivity contribution < 1.29 is 26.3 Å². The number of alkyl halides is 6. The summed E-state index contributed by atoms with van der Waals surface area (Å²) < 4.78 is 74.9. The van der Waals surface area contributed by atoms with E-state index in [1.54, 1.807) is 12.1 Å². The minimum Gasteiger partial charge on any atom is -0.300 e. The Morgan fingerprint density at radius 2 is 1.20 bits per heavy atom. The van der Waals surface area contributed by atoms with Crippen molar-refractivity contribution in [2.24, 2.45) is 0 Å². The standard InChI is InChI=1S/C22H18F3N.C11H9F3/c1-16(20-13-5-10-18-9-2-3-12-21(18)20)26-14-6-8-17-7-4-11-19(15-17)22(23,24)25;1-2-3-5-9-6-4-7-10(8-9)11(12,13)14/h2-5,7,9-13,15-16,26H,14H2,1H3;4,6-8H,2H2,1H3/t16-;/m1./s1. The third-order valence-electron chi connectivity index (χ3n) is 5.81. The number of benzene rings is 4. The summed E-state index contributed by atoms with van der Waals surface area (Å²) in [7, 11) is 0. The molecule has 1 atom stereocenters. The van der Waals surface area contributed by atoms with Crippen molar-refractivity contribution in [3.8, 4) is 23.7 Å². The Bertz CT molecular complexity index is 1540. The summed E-state index contributed by atoms with van der Waals surface area (Å²) in [6.07, 6.45) is -8.00. The first kappa shape index (κ1) is 30.3. The van der Waals surface area contributed by atoms with Gasteiger partial charge >= 0.3 is 12.4 Å². The molecule has 0 radical (unpaired) electrons.